The van der Waals surface area contributed by atoms with Crippen LogP contribution in [-0.2, 0) is 4.79 Å². The van der Waals surface area contributed by atoms with Gasteiger partial charge in [-0.3, -0.25) is 4.79 Å². The zero-order valence-corrected chi connectivity index (χ0v) is 17.3. The van der Waals surface area contributed by atoms with E-state index in [0.717, 1.165) is 67.6 Å². The van der Waals surface area contributed by atoms with Gasteiger partial charge in [0.2, 0.25) is 5.91 Å². The smallest absolute Gasteiger partial charge is 0.223 e. The maximum absolute atomic E-state index is 12.5. The van der Waals surface area contributed by atoms with Gasteiger partial charge in [-0.25, -0.2) is 0 Å². The van der Waals surface area contributed by atoms with E-state index in [9.17, 15) is 4.79 Å². The Hall–Kier alpha value is -1.11. The van der Waals surface area contributed by atoms with Crippen molar-refractivity contribution < 1.29 is 14.3 Å². The van der Waals surface area contributed by atoms with Crippen LogP contribution in [0.15, 0.2) is 23.1 Å². The average molecular weight is 413 g/mol. The molecule has 5 nitrogen and oxygen atoms in total. The largest absolute Gasteiger partial charge is 0.490 e. The lowest BCUT2D eigenvalue weighted by molar-refractivity contribution is -0.132. The first-order chi connectivity index (χ1) is 12.7. The molecule has 0 saturated carbocycles. The second-order valence-corrected chi connectivity index (χ2v) is 8.73. The van der Waals surface area contributed by atoms with Gasteiger partial charge in [0.15, 0.2) is 11.5 Å². The van der Waals surface area contributed by atoms with Gasteiger partial charge in [-0.2, -0.15) is 0 Å². The molecule has 1 aromatic carbocycles. The summed E-state index contributed by atoms with van der Waals surface area (Å²) in [5.41, 5.74) is 0.468. The van der Waals surface area contributed by atoms with Crippen molar-refractivity contribution in [2.75, 3.05) is 45.1 Å². The number of piperidine rings is 1. The van der Waals surface area contributed by atoms with Gasteiger partial charge in [-0.15, -0.1) is 24.2 Å². The Balaban J connectivity index is 0.00000210. The minimum atomic E-state index is 0. The van der Waals surface area contributed by atoms with E-state index in [1.165, 1.54) is 6.42 Å². The van der Waals surface area contributed by atoms with Crippen LogP contribution in [0.25, 0.3) is 0 Å². The van der Waals surface area contributed by atoms with Crippen molar-refractivity contribution in [2.45, 2.75) is 37.0 Å². The number of ether oxygens (including phenoxy) is 2. The van der Waals surface area contributed by atoms with Crippen LogP contribution in [0.4, 0.5) is 0 Å². The van der Waals surface area contributed by atoms with Gasteiger partial charge < -0.3 is 19.7 Å². The Bertz CT molecular complexity index is 642. The highest BCUT2D eigenvalue weighted by atomic mass is 35.5. The fourth-order valence-corrected chi connectivity index (χ4v) is 4.97. The molecule has 7 heteroatoms. The predicted octanol–water partition coefficient (Wildman–Crippen LogP) is 3.35. The molecule has 27 heavy (non-hydrogen) atoms. The molecule has 0 unspecified atom stereocenters. The van der Waals surface area contributed by atoms with Gasteiger partial charge in [0.05, 0.1) is 13.2 Å². The predicted molar refractivity (Wildman–Crippen MR) is 110 cm³/mol. The number of fused-ring (bicyclic) bond motifs is 1. The van der Waals surface area contributed by atoms with Crippen molar-refractivity contribution in [1.29, 1.82) is 0 Å². The molecule has 3 heterocycles. The van der Waals surface area contributed by atoms with Crippen molar-refractivity contribution >= 4 is 30.1 Å². The summed E-state index contributed by atoms with van der Waals surface area (Å²) in [7, 11) is 0. The summed E-state index contributed by atoms with van der Waals surface area (Å²) in [6.45, 7) is 5.53. The number of hydrogen-bond donors (Lipinski definition) is 1. The number of carbonyl (C=O) groups excluding carboxylic acids is 1. The highest BCUT2D eigenvalue weighted by molar-refractivity contribution is 7.99. The Morgan fingerprint density at radius 2 is 1.93 bits per heavy atom. The number of amides is 1. The molecule has 0 radical (unpaired) electrons. The summed E-state index contributed by atoms with van der Waals surface area (Å²) >= 11 is 1.72. The SMILES string of the molecule is Cl.O=C(CCSc1ccc2c(c1)OCCCO2)N1CCC2(CCNC2)CC1. The van der Waals surface area contributed by atoms with Crippen molar-refractivity contribution in [3.8, 4) is 11.5 Å². The highest BCUT2D eigenvalue weighted by Crippen LogP contribution is 2.37. The van der Waals surface area contributed by atoms with E-state index >= 15 is 0 Å². The first-order valence-electron chi connectivity index (χ1n) is 9.75. The lowest BCUT2D eigenvalue weighted by atomic mass is 9.78. The molecule has 3 aliphatic heterocycles. The molecule has 0 aliphatic carbocycles. The Morgan fingerprint density at radius 1 is 1.15 bits per heavy atom. The lowest BCUT2D eigenvalue weighted by Gasteiger charge is -2.39. The van der Waals surface area contributed by atoms with Crippen LogP contribution in [-0.4, -0.2) is 56.0 Å². The van der Waals surface area contributed by atoms with Gasteiger partial charge in [-0.05, 0) is 49.4 Å². The molecule has 0 aromatic heterocycles. The number of benzene rings is 1. The normalized spacial score (nSPS) is 20.8. The van der Waals surface area contributed by atoms with E-state index < -0.39 is 0 Å². The van der Waals surface area contributed by atoms with Gasteiger partial charge >= 0.3 is 0 Å². The maximum Gasteiger partial charge on any atom is 0.223 e. The number of halogens is 1. The van der Waals surface area contributed by atoms with Crippen LogP contribution in [0.5, 0.6) is 11.5 Å². The fraction of sp³-hybridized carbons (Fsp3) is 0.650. The molecule has 1 N–H and O–H groups in total. The molecule has 3 aliphatic rings. The Kier molecular flexibility index (Phi) is 7.17. The van der Waals surface area contributed by atoms with Gasteiger partial charge in [-0.1, -0.05) is 0 Å². The van der Waals surface area contributed by atoms with Crippen LogP contribution in [0.3, 0.4) is 0 Å². The number of carbonyl (C=O) groups is 1. The zero-order chi connectivity index (χ0) is 17.8. The molecule has 2 saturated heterocycles. The van der Waals surface area contributed by atoms with Crippen molar-refractivity contribution in [2.24, 2.45) is 5.41 Å². The molecule has 0 atom stereocenters. The number of rotatable bonds is 4. The zero-order valence-electron chi connectivity index (χ0n) is 15.7. The standard InChI is InChI=1S/C20H28N2O3S.ClH/c23-19(22-9-6-20(7-10-22)5-8-21-15-20)4-13-26-16-2-3-17-18(14-16)25-12-1-11-24-17;/h2-3,14,21H,1,4-13,15H2;1H. The lowest BCUT2D eigenvalue weighted by Crippen LogP contribution is -2.44. The monoisotopic (exact) mass is 412 g/mol. The van der Waals surface area contributed by atoms with Crippen LogP contribution < -0.4 is 14.8 Å². The molecule has 4 rings (SSSR count). The molecular weight excluding hydrogens is 384 g/mol. The number of nitrogens with one attached hydrogen (secondary N) is 1. The van der Waals surface area contributed by atoms with Crippen molar-refractivity contribution in [3.05, 3.63) is 18.2 Å². The second-order valence-electron chi connectivity index (χ2n) is 7.57. The Morgan fingerprint density at radius 3 is 2.67 bits per heavy atom. The molecule has 1 aromatic rings. The third kappa shape index (κ3) is 5.04. The van der Waals surface area contributed by atoms with E-state index in [0.29, 0.717) is 31.0 Å². The number of hydrogen-bond acceptors (Lipinski definition) is 5. The van der Waals surface area contributed by atoms with Gasteiger partial charge in [0.1, 0.15) is 0 Å². The van der Waals surface area contributed by atoms with E-state index in [1.807, 2.05) is 12.1 Å². The second kappa shape index (κ2) is 9.39. The van der Waals surface area contributed by atoms with Crippen molar-refractivity contribution in [1.82, 2.24) is 10.2 Å². The minimum Gasteiger partial charge on any atom is -0.490 e. The summed E-state index contributed by atoms with van der Waals surface area (Å²) in [6, 6.07) is 6.07. The van der Waals surface area contributed by atoms with E-state index in [2.05, 4.69) is 16.3 Å². The first-order valence-corrected chi connectivity index (χ1v) is 10.7. The fourth-order valence-electron chi connectivity index (χ4n) is 4.10. The minimum absolute atomic E-state index is 0. The summed E-state index contributed by atoms with van der Waals surface area (Å²) in [5.74, 6) is 2.76. The summed E-state index contributed by atoms with van der Waals surface area (Å²) in [5, 5.41) is 3.48. The first kappa shape index (κ1) is 20.6. The van der Waals surface area contributed by atoms with E-state index in [4.69, 9.17) is 9.47 Å². The maximum atomic E-state index is 12.5. The summed E-state index contributed by atoms with van der Waals surface area (Å²) < 4.78 is 11.4. The third-order valence-corrected chi connectivity index (χ3v) is 6.81. The molecule has 2 fully saturated rings. The number of nitrogens with zero attached hydrogens (tertiary/aromatic N) is 1. The van der Waals surface area contributed by atoms with Crippen LogP contribution in [0.2, 0.25) is 0 Å². The molecule has 1 amide bonds. The number of thioether (sulfide) groups is 1. The van der Waals surface area contributed by atoms with Gasteiger partial charge in [0, 0.05) is 43.1 Å². The van der Waals surface area contributed by atoms with E-state index in [-0.39, 0.29) is 12.4 Å². The highest BCUT2D eigenvalue weighted by Gasteiger charge is 2.37. The molecule has 0 bridgehead atoms. The quantitative estimate of drug-likeness (QED) is 0.768. The van der Waals surface area contributed by atoms with Crippen molar-refractivity contribution in [3.63, 3.8) is 0 Å². The van der Waals surface area contributed by atoms with E-state index in [1.54, 1.807) is 11.8 Å². The van der Waals surface area contributed by atoms with Crippen LogP contribution in [0.1, 0.15) is 32.1 Å². The summed E-state index contributed by atoms with van der Waals surface area (Å²) in [6.07, 6.45) is 5.10. The van der Waals surface area contributed by atoms with Crippen LogP contribution in [0, 0.1) is 5.41 Å². The topological polar surface area (TPSA) is 50.8 Å². The third-order valence-electron chi connectivity index (χ3n) is 5.81. The average Bonchev–Trinajstić information content (AvgIpc) is 2.98. The van der Waals surface area contributed by atoms with Crippen LogP contribution >= 0.6 is 24.2 Å². The molecule has 150 valence electrons. The molecular formula is C20H29ClN2O3S. The van der Waals surface area contributed by atoms with Gasteiger partial charge in [0.25, 0.3) is 0 Å². The molecule has 1 spiro atoms. The number of likely N-dealkylation sites (tertiary alicyclic amines) is 1. The Labute approximate surface area is 171 Å². The summed E-state index contributed by atoms with van der Waals surface area (Å²) in [4.78, 5) is 15.7.